The highest BCUT2D eigenvalue weighted by atomic mass is 16.6. The second-order valence-electron chi connectivity index (χ2n) is 2.75. The number of benzene rings is 1. The van der Waals surface area contributed by atoms with Crippen LogP contribution in [0.4, 0.5) is 0 Å². The van der Waals surface area contributed by atoms with Crippen LogP contribution in [-0.4, -0.2) is 23.1 Å². The summed E-state index contributed by atoms with van der Waals surface area (Å²) in [6.07, 6.45) is 0.175. The lowest BCUT2D eigenvalue weighted by Crippen LogP contribution is -2.15. The molecule has 1 unspecified atom stereocenters. The topological polar surface area (TPSA) is 49.7 Å². The molecule has 3 nitrogen and oxygen atoms in total. The highest BCUT2D eigenvalue weighted by molar-refractivity contribution is 5.20. The summed E-state index contributed by atoms with van der Waals surface area (Å²) in [6.45, 7) is 0.0786. The Labute approximate surface area is 77.6 Å². The van der Waals surface area contributed by atoms with Crippen LogP contribution in [0.15, 0.2) is 30.3 Å². The van der Waals surface area contributed by atoms with Crippen molar-refractivity contribution in [3.8, 4) is 5.75 Å². The number of hydrogen-bond acceptors (Lipinski definition) is 3. The lowest BCUT2D eigenvalue weighted by atomic mass is 10.3. The Morgan fingerprint density at radius 2 is 1.92 bits per heavy atom. The van der Waals surface area contributed by atoms with Crippen LogP contribution in [0, 0.1) is 0 Å². The van der Waals surface area contributed by atoms with Gasteiger partial charge >= 0.3 is 0 Å². The van der Waals surface area contributed by atoms with Crippen LogP contribution in [0.1, 0.15) is 12.8 Å². The van der Waals surface area contributed by atoms with Gasteiger partial charge in [-0.1, -0.05) is 18.2 Å². The molecule has 0 aliphatic carbocycles. The van der Waals surface area contributed by atoms with Crippen molar-refractivity contribution < 1.29 is 14.9 Å². The normalized spacial score (nSPS) is 12.5. The molecular weight excluding hydrogens is 168 g/mol. The van der Waals surface area contributed by atoms with Gasteiger partial charge in [-0.3, -0.25) is 0 Å². The van der Waals surface area contributed by atoms with Crippen LogP contribution in [0.25, 0.3) is 0 Å². The third kappa shape index (κ3) is 3.92. The summed E-state index contributed by atoms with van der Waals surface area (Å²) in [5.41, 5.74) is 0. The summed E-state index contributed by atoms with van der Waals surface area (Å²) in [4.78, 5) is 0. The molecule has 0 fully saturated rings. The summed E-state index contributed by atoms with van der Waals surface area (Å²) in [5, 5.41) is 17.8. The first-order valence-corrected chi connectivity index (χ1v) is 4.33. The maximum absolute atomic E-state index is 9.30. The molecule has 0 spiro atoms. The van der Waals surface area contributed by atoms with E-state index in [1.807, 2.05) is 18.2 Å². The van der Waals surface area contributed by atoms with Crippen molar-refractivity contribution in [3.05, 3.63) is 30.3 Å². The van der Waals surface area contributed by atoms with Crippen LogP contribution in [-0.2, 0) is 0 Å². The third-order valence-corrected chi connectivity index (χ3v) is 1.62. The lowest BCUT2D eigenvalue weighted by Gasteiger charge is -2.12. The lowest BCUT2D eigenvalue weighted by molar-refractivity contribution is -0.0267. The van der Waals surface area contributed by atoms with E-state index in [2.05, 4.69) is 0 Å². The van der Waals surface area contributed by atoms with Gasteiger partial charge in [-0.15, -0.1) is 0 Å². The fourth-order valence-electron chi connectivity index (χ4n) is 0.981. The molecule has 13 heavy (non-hydrogen) atoms. The minimum atomic E-state index is -0.824. The second kappa shape index (κ2) is 5.56. The van der Waals surface area contributed by atoms with Crippen LogP contribution >= 0.6 is 0 Å². The molecule has 2 N–H and O–H groups in total. The van der Waals surface area contributed by atoms with Crippen molar-refractivity contribution in [1.29, 1.82) is 0 Å². The summed E-state index contributed by atoms with van der Waals surface area (Å²) in [6, 6.07) is 9.12. The van der Waals surface area contributed by atoms with E-state index in [1.54, 1.807) is 12.1 Å². The molecule has 0 radical (unpaired) electrons. The first-order valence-electron chi connectivity index (χ1n) is 4.33. The number of aliphatic hydroxyl groups excluding tert-OH is 2. The molecule has 0 aromatic heterocycles. The summed E-state index contributed by atoms with van der Waals surface area (Å²) in [7, 11) is 0. The maximum Gasteiger partial charge on any atom is 0.197 e. The second-order valence-corrected chi connectivity index (χ2v) is 2.75. The van der Waals surface area contributed by atoms with Gasteiger partial charge in [-0.2, -0.15) is 0 Å². The van der Waals surface area contributed by atoms with Crippen LogP contribution in [0.3, 0.4) is 0 Å². The molecular formula is C10H14O3. The number of ether oxygens (including phenoxy) is 1. The Morgan fingerprint density at radius 1 is 1.23 bits per heavy atom. The van der Waals surface area contributed by atoms with E-state index >= 15 is 0 Å². The van der Waals surface area contributed by atoms with Gasteiger partial charge in [-0.05, 0) is 18.6 Å². The predicted octanol–water partition coefficient (Wildman–Crippen LogP) is 1.16. The third-order valence-electron chi connectivity index (χ3n) is 1.62. The Morgan fingerprint density at radius 3 is 2.54 bits per heavy atom. The van der Waals surface area contributed by atoms with Gasteiger partial charge in [0.2, 0.25) is 0 Å². The van der Waals surface area contributed by atoms with Crippen LogP contribution in [0.5, 0.6) is 5.75 Å². The summed E-state index contributed by atoms with van der Waals surface area (Å²) in [5.74, 6) is 0.646. The van der Waals surface area contributed by atoms with Crippen molar-refractivity contribution in [2.75, 3.05) is 6.61 Å². The SMILES string of the molecule is OCCCC(O)Oc1ccccc1. The van der Waals surface area contributed by atoms with E-state index in [9.17, 15) is 5.11 Å². The number of rotatable bonds is 5. The van der Waals surface area contributed by atoms with E-state index in [4.69, 9.17) is 9.84 Å². The zero-order valence-electron chi connectivity index (χ0n) is 7.39. The molecule has 0 saturated carbocycles. The quantitative estimate of drug-likeness (QED) is 0.672. The summed E-state index contributed by atoms with van der Waals surface area (Å²) >= 11 is 0. The average Bonchev–Trinajstić information content (AvgIpc) is 2.16. The Hall–Kier alpha value is -1.06. The fourth-order valence-corrected chi connectivity index (χ4v) is 0.981. The first kappa shape index (κ1) is 10.0. The van der Waals surface area contributed by atoms with Crippen molar-refractivity contribution in [3.63, 3.8) is 0 Å². The minimum absolute atomic E-state index is 0.0786. The molecule has 3 heteroatoms. The van der Waals surface area contributed by atoms with Gasteiger partial charge in [-0.25, -0.2) is 0 Å². The van der Waals surface area contributed by atoms with Crippen molar-refractivity contribution >= 4 is 0 Å². The highest BCUT2D eigenvalue weighted by Gasteiger charge is 2.03. The molecule has 0 aliphatic heterocycles. The monoisotopic (exact) mass is 182 g/mol. The minimum Gasteiger partial charge on any atom is -0.465 e. The van der Waals surface area contributed by atoms with Crippen molar-refractivity contribution in [2.45, 2.75) is 19.1 Å². The smallest absolute Gasteiger partial charge is 0.197 e. The van der Waals surface area contributed by atoms with E-state index in [0.717, 1.165) is 0 Å². The van der Waals surface area contributed by atoms with Gasteiger partial charge in [0.25, 0.3) is 0 Å². The Balaban J connectivity index is 2.32. The summed E-state index contributed by atoms with van der Waals surface area (Å²) < 4.78 is 5.16. The van der Waals surface area contributed by atoms with Gasteiger partial charge in [0, 0.05) is 13.0 Å². The Kier molecular flexibility index (Phi) is 4.29. The zero-order chi connectivity index (χ0) is 9.52. The molecule has 1 rings (SSSR count). The first-order chi connectivity index (χ1) is 6.33. The molecule has 0 bridgehead atoms. The average molecular weight is 182 g/mol. The molecule has 1 atom stereocenters. The molecule has 72 valence electrons. The van der Waals surface area contributed by atoms with E-state index < -0.39 is 6.29 Å². The van der Waals surface area contributed by atoms with Crippen LogP contribution < -0.4 is 4.74 Å². The fraction of sp³-hybridized carbons (Fsp3) is 0.400. The van der Waals surface area contributed by atoms with Gasteiger partial charge in [0.05, 0.1) is 0 Å². The molecule has 0 amide bonds. The molecule has 0 heterocycles. The number of para-hydroxylation sites is 1. The van der Waals surface area contributed by atoms with Crippen LogP contribution in [0.2, 0.25) is 0 Å². The number of aliphatic hydroxyl groups is 2. The largest absolute Gasteiger partial charge is 0.465 e. The predicted molar refractivity (Wildman–Crippen MR) is 49.4 cm³/mol. The Bertz CT molecular complexity index is 223. The van der Waals surface area contributed by atoms with E-state index in [1.165, 1.54) is 0 Å². The number of hydrogen-bond donors (Lipinski definition) is 2. The standard InChI is InChI=1S/C10H14O3/c11-8-4-7-10(12)13-9-5-2-1-3-6-9/h1-3,5-6,10-12H,4,7-8H2. The maximum atomic E-state index is 9.30. The van der Waals surface area contributed by atoms with E-state index in [-0.39, 0.29) is 6.61 Å². The molecule has 0 aliphatic rings. The molecule has 1 aromatic carbocycles. The highest BCUT2D eigenvalue weighted by Crippen LogP contribution is 2.11. The zero-order valence-corrected chi connectivity index (χ0v) is 7.39. The van der Waals surface area contributed by atoms with Crippen molar-refractivity contribution in [2.24, 2.45) is 0 Å². The molecule has 1 aromatic rings. The molecule has 0 saturated heterocycles. The van der Waals surface area contributed by atoms with Gasteiger partial charge in [0.15, 0.2) is 6.29 Å². The van der Waals surface area contributed by atoms with Gasteiger partial charge < -0.3 is 14.9 Å². The van der Waals surface area contributed by atoms with Crippen molar-refractivity contribution in [1.82, 2.24) is 0 Å². The van der Waals surface area contributed by atoms with Gasteiger partial charge in [0.1, 0.15) is 5.75 Å². The van der Waals surface area contributed by atoms with E-state index in [0.29, 0.717) is 18.6 Å².